The summed E-state index contributed by atoms with van der Waals surface area (Å²) in [6.07, 6.45) is 1.22. The first-order valence-corrected chi connectivity index (χ1v) is 12.5. The van der Waals surface area contributed by atoms with Gasteiger partial charge in [0.1, 0.15) is 5.82 Å². The van der Waals surface area contributed by atoms with E-state index in [4.69, 9.17) is 4.74 Å². The molecule has 0 aliphatic rings. The Bertz CT molecular complexity index is 1350. The SMILES string of the molecule is COc1cc(-c2cc(F)cc(C(C)C)c2CC(=O)NS(=O)(=O)c2cccc(C(C)(C)O)c2)ccn1. The minimum atomic E-state index is -4.21. The second-order valence-electron chi connectivity index (χ2n) is 9.06. The van der Waals surface area contributed by atoms with Crippen molar-refractivity contribution in [3.8, 4) is 17.0 Å². The van der Waals surface area contributed by atoms with Crippen LogP contribution in [0.3, 0.4) is 0 Å². The van der Waals surface area contributed by atoms with Crippen molar-refractivity contribution in [2.75, 3.05) is 7.11 Å². The summed E-state index contributed by atoms with van der Waals surface area (Å²) in [5.41, 5.74) is 1.27. The summed E-state index contributed by atoms with van der Waals surface area (Å²) in [4.78, 5) is 16.9. The van der Waals surface area contributed by atoms with E-state index in [-0.39, 0.29) is 17.2 Å². The fourth-order valence-electron chi connectivity index (χ4n) is 3.77. The molecule has 0 atom stereocenters. The lowest BCUT2D eigenvalue weighted by molar-refractivity contribution is -0.118. The van der Waals surface area contributed by atoms with Crippen molar-refractivity contribution in [1.82, 2.24) is 9.71 Å². The van der Waals surface area contributed by atoms with Gasteiger partial charge < -0.3 is 9.84 Å². The number of rotatable bonds is 8. The molecule has 186 valence electrons. The number of pyridine rings is 1. The fourth-order valence-corrected chi connectivity index (χ4v) is 4.80. The average Bonchev–Trinajstić information content (AvgIpc) is 2.79. The maximum absolute atomic E-state index is 14.5. The number of hydrogen-bond donors (Lipinski definition) is 2. The highest BCUT2D eigenvalue weighted by atomic mass is 32.2. The molecule has 7 nitrogen and oxygen atoms in total. The van der Waals surface area contributed by atoms with Gasteiger partial charge in [-0.05, 0) is 77.9 Å². The average molecular weight is 501 g/mol. The monoisotopic (exact) mass is 500 g/mol. The van der Waals surface area contributed by atoms with Gasteiger partial charge in [-0.1, -0.05) is 26.0 Å². The second kappa shape index (κ2) is 10.1. The molecule has 2 aromatic carbocycles. The normalized spacial score (nSPS) is 12.0. The van der Waals surface area contributed by atoms with Gasteiger partial charge in [-0.25, -0.2) is 22.5 Å². The van der Waals surface area contributed by atoms with Crippen LogP contribution in [0.2, 0.25) is 0 Å². The van der Waals surface area contributed by atoms with Crippen LogP contribution in [-0.2, 0) is 26.8 Å². The fraction of sp³-hybridized carbons (Fsp3) is 0.308. The highest BCUT2D eigenvalue weighted by Crippen LogP contribution is 2.33. The molecule has 35 heavy (non-hydrogen) atoms. The Kier molecular flexibility index (Phi) is 7.62. The van der Waals surface area contributed by atoms with E-state index in [0.29, 0.717) is 33.7 Å². The van der Waals surface area contributed by atoms with Crippen LogP contribution in [0.25, 0.3) is 11.1 Å². The van der Waals surface area contributed by atoms with Gasteiger partial charge in [0.05, 0.1) is 24.0 Å². The van der Waals surface area contributed by atoms with Gasteiger partial charge in [0.2, 0.25) is 11.8 Å². The lowest BCUT2D eigenvalue weighted by atomic mass is 9.88. The third kappa shape index (κ3) is 6.23. The Morgan fingerprint density at radius 2 is 1.89 bits per heavy atom. The highest BCUT2D eigenvalue weighted by Gasteiger charge is 2.24. The molecule has 0 saturated heterocycles. The van der Waals surface area contributed by atoms with Crippen LogP contribution in [-0.4, -0.2) is 31.5 Å². The molecule has 0 unspecified atom stereocenters. The first-order valence-electron chi connectivity index (χ1n) is 11.0. The van der Waals surface area contributed by atoms with Crippen molar-refractivity contribution in [3.05, 3.63) is 77.2 Å². The lowest BCUT2D eigenvalue weighted by Gasteiger charge is -2.19. The predicted molar refractivity (Wildman–Crippen MR) is 131 cm³/mol. The Morgan fingerprint density at radius 3 is 2.51 bits per heavy atom. The van der Waals surface area contributed by atoms with Crippen molar-refractivity contribution in [2.24, 2.45) is 0 Å². The van der Waals surface area contributed by atoms with E-state index in [0.717, 1.165) is 0 Å². The number of nitrogens with zero attached hydrogens (tertiary/aromatic N) is 1. The summed E-state index contributed by atoms with van der Waals surface area (Å²) in [5.74, 6) is -1.05. The van der Waals surface area contributed by atoms with Gasteiger partial charge in [-0.15, -0.1) is 0 Å². The molecule has 0 aliphatic carbocycles. The zero-order valence-electron chi connectivity index (χ0n) is 20.3. The summed E-state index contributed by atoms with van der Waals surface area (Å²) in [6, 6.07) is 11.7. The van der Waals surface area contributed by atoms with Crippen LogP contribution in [0.1, 0.15) is 50.3 Å². The van der Waals surface area contributed by atoms with Gasteiger partial charge in [0.15, 0.2) is 0 Å². The van der Waals surface area contributed by atoms with E-state index in [1.807, 2.05) is 13.8 Å². The van der Waals surface area contributed by atoms with E-state index in [2.05, 4.69) is 9.71 Å². The number of ether oxygens (including phenoxy) is 1. The number of aliphatic hydroxyl groups is 1. The van der Waals surface area contributed by atoms with E-state index in [1.54, 1.807) is 18.2 Å². The zero-order valence-corrected chi connectivity index (χ0v) is 21.1. The minimum absolute atomic E-state index is 0.129. The van der Waals surface area contributed by atoms with Gasteiger partial charge in [0.25, 0.3) is 10.0 Å². The minimum Gasteiger partial charge on any atom is -0.481 e. The Morgan fingerprint density at radius 1 is 1.17 bits per heavy atom. The maximum atomic E-state index is 14.5. The van der Waals surface area contributed by atoms with Crippen molar-refractivity contribution >= 4 is 15.9 Å². The molecule has 1 amide bonds. The molecule has 0 spiro atoms. The second-order valence-corrected chi connectivity index (χ2v) is 10.7. The molecule has 0 fully saturated rings. The molecule has 0 radical (unpaired) electrons. The molecule has 0 aliphatic heterocycles. The number of hydrogen-bond acceptors (Lipinski definition) is 6. The van der Waals surface area contributed by atoms with Crippen molar-refractivity contribution in [3.63, 3.8) is 0 Å². The number of sulfonamides is 1. The van der Waals surface area contributed by atoms with Crippen molar-refractivity contribution < 1.29 is 27.4 Å². The van der Waals surface area contributed by atoms with Gasteiger partial charge in [-0.2, -0.15) is 0 Å². The smallest absolute Gasteiger partial charge is 0.264 e. The molecule has 0 saturated carbocycles. The van der Waals surface area contributed by atoms with Crippen LogP contribution in [0.5, 0.6) is 5.88 Å². The number of nitrogens with one attached hydrogen (secondary N) is 1. The lowest BCUT2D eigenvalue weighted by Crippen LogP contribution is -2.32. The third-order valence-corrected chi connectivity index (χ3v) is 6.93. The Labute approximate surface area is 205 Å². The zero-order chi connectivity index (χ0) is 26.0. The van der Waals surface area contributed by atoms with Crippen LogP contribution in [0.15, 0.2) is 59.6 Å². The van der Waals surface area contributed by atoms with Crippen LogP contribution < -0.4 is 9.46 Å². The van der Waals surface area contributed by atoms with Gasteiger partial charge in [-0.3, -0.25) is 4.79 Å². The summed E-state index contributed by atoms with van der Waals surface area (Å²) in [6.45, 7) is 6.81. The molecule has 3 rings (SSSR count). The maximum Gasteiger partial charge on any atom is 0.264 e. The molecular formula is C26H29FN2O5S. The molecule has 3 aromatic rings. The number of amides is 1. The standard InChI is InChI=1S/C26H29FN2O5S/c1-16(2)21-13-19(27)14-22(17-9-10-28-25(11-17)34-5)23(21)15-24(30)29-35(32,33)20-8-6-7-18(12-20)26(3,4)31/h6-14,16,31H,15H2,1-5H3,(H,29,30). The Hall–Kier alpha value is -3.30. The van der Waals surface area contributed by atoms with Crippen molar-refractivity contribution in [2.45, 2.75) is 50.5 Å². The molecule has 9 heteroatoms. The number of carbonyl (C=O) groups is 1. The van der Waals surface area contributed by atoms with E-state index >= 15 is 0 Å². The predicted octanol–water partition coefficient (Wildman–Crippen LogP) is 4.29. The quantitative estimate of drug-likeness (QED) is 0.478. The largest absolute Gasteiger partial charge is 0.481 e. The molecule has 2 N–H and O–H groups in total. The van der Waals surface area contributed by atoms with E-state index in [9.17, 15) is 22.7 Å². The first-order chi connectivity index (χ1) is 16.3. The summed E-state index contributed by atoms with van der Waals surface area (Å²) < 4.78 is 47.7. The van der Waals surface area contributed by atoms with Crippen LogP contribution in [0, 0.1) is 5.82 Å². The number of benzene rings is 2. The molecule has 1 heterocycles. The van der Waals surface area contributed by atoms with Gasteiger partial charge >= 0.3 is 0 Å². The summed E-state index contributed by atoms with van der Waals surface area (Å²) in [7, 11) is -2.74. The van der Waals surface area contributed by atoms with E-state index < -0.39 is 27.3 Å². The summed E-state index contributed by atoms with van der Waals surface area (Å²) in [5, 5.41) is 10.2. The van der Waals surface area contributed by atoms with Crippen molar-refractivity contribution in [1.29, 1.82) is 0 Å². The third-order valence-electron chi connectivity index (χ3n) is 5.56. The number of halogens is 1. The molecule has 1 aromatic heterocycles. The van der Waals surface area contributed by atoms with Gasteiger partial charge in [0, 0.05) is 12.3 Å². The number of aromatic nitrogens is 1. The topological polar surface area (TPSA) is 106 Å². The molecule has 0 bridgehead atoms. The number of methoxy groups -OCH3 is 1. The van der Waals surface area contributed by atoms with Crippen LogP contribution in [0.4, 0.5) is 4.39 Å². The first kappa shape index (κ1) is 26.3. The summed E-state index contributed by atoms with van der Waals surface area (Å²) >= 11 is 0. The highest BCUT2D eigenvalue weighted by molar-refractivity contribution is 7.90. The molecular weight excluding hydrogens is 471 g/mol. The Balaban J connectivity index is 1.99. The van der Waals surface area contributed by atoms with E-state index in [1.165, 1.54) is 57.5 Å². The van der Waals surface area contributed by atoms with Crippen LogP contribution >= 0.6 is 0 Å². The number of carbonyl (C=O) groups excluding carboxylic acids is 1.